The number of para-hydroxylation sites is 1. The second-order valence-electron chi connectivity index (χ2n) is 7.33. The third-order valence-corrected chi connectivity index (χ3v) is 5.71. The number of aliphatic hydroxyl groups excluding tert-OH is 1. The Hall–Kier alpha value is -2.74. The highest BCUT2D eigenvalue weighted by Gasteiger charge is 2.50. The second-order valence-corrected chi connectivity index (χ2v) is 7.33. The fraction of sp³-hybridized carbons (Fsp3) is 0.474. The quantitative estimate of drug-likeness (QED) is 0.767. The Kier molecular flexibility index (Phi) is 4.43. The highest BCUT2D eigenvalue weighted by Crippen LogP contribution is 2.37. The summed E-state index contributed by atoms with van der Waals surface area (Å²) in [5, 5.41) is 13.7. The number of carbonyl (C=O) groups excluding carboxylic acids is 2. The van der Waals surface area contributed by atoms with E-state index in [2.05, 4.69) is 10.3 Å². The number of fused-ring (bicyclic) bond motifs is 1. The molecule has 0 unspecified atom stereocenters. The molecule has 2 aromatic rings. The monoisotopic (exact) mass is 370 g/mol. The van der Waals surface area contributed by atoms with Gasteiger partial charge >= 0.3 is 0 Å². The summed E-state index contributed by atoms with van der Waals surface area (Å²) in [6.45, 7) is 1.00. The summed E-state index contributed by atoms with van der Waals surface area (Å²) in [6.07, 6.45) is 2.31. The van der Waals surface area contributed by atoms with Crippen LogP contribution < -0.4 is 10.9 Å². The molecule has 2 N–H and O–H groups in total. The molecule has 2 atom stereocenters. The number of nitrogens with one attached hydrogen (secondary N) is 1. The number of amides is 2. The number of aliphatic hydroxyl groups is 1. The molecule has 1 aromatic carbocycles. The molecule has 4 rings (SSSR count). The van der Waals surface area contributed by atoms with Crippen molar-refractivity contribution in [2.24, 2.45) is 5.41 Å². The van der Waals surface area contributed by atoms with E-state index in [9.17, 15) is 19.5 Å². The molecule has 1 aromatic heterocycles. The molecule has 3 heterocycles. The SMILES string of the molecule is O=C(Cn1cnc2ccccc2c1=O)N1CC[C@H](O)[C@@]2(CCCNC2=O)C1. The van der Waals surface area contributed by atoms with E-state index in [0.717, 1.165) is 6.42 Å². The molecule has 142 valence electrons. The van der Waals surface area contributed by atoms with Gasteiger partial charge in [0.25, 0.3) is 5.56 Å². The number of rotatable bonds is 2. The summed E-state index contributed by atoms with van der Waals surface area (Å²) in [7, 11) is 0. The first kappa shape index (κ1) is 17.7. The number of benzene rings is 1. The van der Waals surface area contributed by atoms with Gasteiger partial charge in [0.1, 0.15) is 6.54 Å². The van der Waals surface area contributed by atoms with Crippen molar-refractivity contribution >= 4 is 22.7 Å². The zero-order chi connectivity index (χ0) is 19.0. The van der Waals surface area contributed by atoms with Crippen LogP contribution in [0.25, 0.3) is 10.9 Å². The van der Waals surface area contributed by atoms with Gasteiger partial charge in [0, 0.05) is 19.6 Å². The Balaban J connectivity index is 1.56. The molecule has 2 fully saturated rings. The van der Waals surface area contributed by atoms with Crippen molar-refractivity contribution in [3.05, 3.63) is 40.9 Å². The third kappa shape index (κ3) is 2.99. The van der Waals surface area contributed by atoms with Crippen molar-refractivity contribution in [2.45, 2.75) is 31.9 Å². The first-order chi connectivity index (χ1) is 13.0. The molecule has 8 heteroatoms. The summed E-state index contributed by atoms with van der Waals surface area (Å²) in [6, 6.07) is 7.00. The minimum absolute atomic E-state index is 0.134. The molecule has 8 nitrogen and oxygen atoms in total. The summed E-state index contributed by atoms with van der Waals surface area (Å²) >= 11 is 0. The fourth-order valence-electron chi connectivity index (χ4n) is 4.12. The van der Waals surface area contributed by atoms with E-state index in [1.807, 2.05) is 0 Å². The average Bonchev–Trinajstić information content (AvgIpc) is 2.68. The first-order valence-corrected chi connectivity index (χ1v) is 9.19. The third-order valence-electron chi connectivity index (χ3n) is 5.71. The predicted octanol–water partition coefficient (Wildman–Crippen LogP) is -0.114. The van der Waals surface area contributed by atoms with Crippen molar-refractivity contribution in [2.75, 3.05) is 19.6 Å². The number of hydrogen-bond donors (Lipinski definition) is 2. The molecule has 2 aliphatic heterocycles. The van der Waals surface area contributed by atoms with Gasteiger partial charge < -0.3 is 15.3 Å². The minimum Gasteiger partial charge on any atom is -0.392 e. The van der Waals surface area contributed by atoms with E-state index in [1.54, 1.807) is 29.2 Å². The molecule has 1 spiro atoms. The molecule has 0 saturated carbocycles. The second kappa shape index (κ2) is 6.77. The van der Waals surface area contributed by atoms with Crippen LogP contribution in [0, 0.1) is 5.41 Å². The van der Waals surface area contributed by atoms with E-state index < -0.39 is 11.5 Å². The van der Waals surface area contributed by atoms with E-state index in [4.69, 9.17) is 0 Å². The topological polar surface area (TPSA) is 105 Å². The maximum Gasteiger partial charge on any atom is 0.261 e. The van der Waals surface area contributed by atoms with Gasteiger partial charge in [0.15, 0.2) is 0 Å². The van der Waals surface area contributed by atoms with E-state index >= 15 is 0 Å². The van der Waals surface area contributed by atoms with Crippen LogP contribution in [0.4, 0.5) is 0 Å². The minimum atomic E-state index is -0.946. The highest BCUT2D eigenvalue weighted by atomic mass is 16.3. The predicted molar refractivity (Wildman–Crippen MR) is 97.9 cm³/mol. The van der Waals surface area contributed by atoms with Gasteiger partial charge in [-0.2, -0.15) is 0 Å². The van der Waals surface area contributed by atoms with Gasteiger partial charge in [0.05, 0.1) is 28.7 Å². The number of piperidine rings is 2. The summed E-state index contributed by atoms with van der Waals surface area (Å²) in [5.74, 6) is -0.442. The van der Waals surface area contributed by atoms with Gasteiger partial charge in [0.2, 0.25) is 11.8 Å². The maximum atomic E-state index is 12.8. The standard InChI is InChI=1S/C19H22N4O4/c24-15-6-9-22(11-19(15)7-3-8-20-18(19)27)16(25)10-23-12-21-14-5-2-1-4-13(14)17(23)26/h1-2,4-5,12,15,24H,3,6-11H2,(H,20,27)/t15-,19+/m0/s1. The molecule has 2 amide bonds. The Morgan fingerprint density at radius 1 is 1.33 bits per heavy atom. The van der Waals surface area contributed by atoms with Crippen LogP contribution in [0.1, 0.15) is 19.3 Å². The average molecular weight is 370 g/mol. The lowest BCUT2D eigenvalue weighted by molar-refractivity contribution is -0.155. The zero-order valence-electron chi connectivity index (χ0n) is 14.9. The van der Waals surface area contributed by atoms with Crippen LogP contribution in [-0.2, 0) is 16.1 Å². The number of carbonyl (C=O) groups is 2. The molecule has 0 bridgehead atoms. The molecule has 0 radical (unpaired) electrons. The molecule has 2 aliphatic rings. The van der Waals surface area contributed by atoms with Gasteiger partial charge in [-0.05, 0) is 31.4 Å². The number of nitrogens with zero attached hydrogens (tertiary/aromatic N) is 3. The Labute approximate surface area is 155 Å². The maximum absolute atomic E-state index is 12.8. The van der Waals surface area contributed by atoms with Crippen molar-refractivity contribution in [3.8, 4) is 0 Å². The molecule has 27 heavy (non-hydrogen) atoms. The summed E-state index contributed by atoms with van der Waals surface area (Å²) in [4.78, 5) is 43.7. The first-order valence-electron chi connectivity index (χ1n) is 9.19. The van der Waals surface area contributed by atoms with Crippen LogP contribution in [0.3, 0.4) is 0 Å². The largest absolute Gasteiger partial charge is 0.392 e. The molecular formula is C19H22N4O4. The number of aromatic nitrogens is 2. The lowest BCUT2D eigenvalue weighted by atomic mass is 9.71. The Morgan fingerprint density at radius 3 is 2.96 bits per heavy atom. The summed E-state index contributed by atoms with van der Waals surface area (Å²) in [5.41, 5.74) is -0.625. The van der Waals surface area contributed by atoms with Crippen LogP contribution >= 0.6 is 0 Å². The van der Waals surface area contributed by atoms with E-state index in [-0.39, 0.29) is 30.5 Å². The Morgan fingerprint density at radius 2 is 2.15 bits per heavy atom. The van der Waals surface area contributed by atoms with Crippen LogP contribution in [-0.4, -0.2) is 57.1 Å². The van der Waals surface area contributed by atoms with Gasteiger partial charge in [-0.1, -0.05) is 12.1 Å². The van der Waals surface area contributed by atoms with Gasteiger partial charge in [-0.25, -0.2) is 4.98 Å². The van der Waals surface area contributed by atoms with Crippen molar-refractivity contribution in [3.63, 3.8) is 0 Å². The van der Waals surface area contributed by atoms with Crippen molar-refractivity contribution in [1.29, 1.82) is 0 Å². The number of hydrogen-bond acceptors (Lipinski definition) is 5. The lowest BCUT2D eigenvalue weighted by Crippen LogP contribution is -2.62. The zero-order valence-corrected chi connectivity index (χ0v) is 14.9. The van der Waals surface area contributed by atoms with E-state index in [0.29, 0.717) is 36.8 Å². The van der Waals surface area contributed by atoms with Crippen LogP contribution in [0.2, 0.25) is 0 Å². The Bertz CT molecular complexity index is 956. The van der Waals surface area contributed by atoms with Crippen LogP contribution in [0.5, 0.6) is 0 Å². The van der Waals surface area contributed by atoms with Crippen LogP contribution in [0.15, 0.2) is 35.4 Å². The fourth-order valence-corrected chi connectivity index (χ4v) is 4.12. The molecule has 0 aliphatic carbocycles. The van der Waals surface area contributed by atoms with Crippen molar-refractivity contribution in [1.82, 2.24) is 19.8 Å². The van der Waals surface area contributed by atoms with Gasteiger partial charge in [-0.15, -0.1) is 0 Å². The molecule has 2 saturated heterocycles. The normalized spacial score (nSPS) is 25.6. The number of likely N-dealkylation sites (tertiary alicyclic amines) is 1. The van der Waals surface area contributed by atoms with Crippen molar-refractivity contribution < 1.29 is 14.7 Å². The lowest BCUT2D eigenvalue weighted by Gasteiger charge is -2.46. The van der Waals surface area contributed by atoms with E-state index in [1.165, 1.54) is 10.9 Å². The highest BCUT2D eigenvalue weighted by molar-refractivity contribution is 5.86. The van der Waals surface area contributed by atoms with Gasteiger partial charge in [-0.3, -0.25) is 19.0 Å². The smallest absolute Gasteiger partial charge is 0.261 e. The molecular weight excluding hydrogens is 348 g/mol. The summed E-state index contributed by atoms with van der Waals surface area (Å²) < 4.78 is 1.29.